The van der Waals surface area contributed by atoms with Gasteiger partial charge in [0, 0.05) is 4.91 Å². The summed E-state index contributed by atoms with van der Waals surface area (Å²) in [6.07, 6.45) is -2.16. The van der Waals surface area contributed by atoms with E-state index in [9.17, 15) is 10.2 Å². The molecule has 0 radical (unpaired) electrons. The van der Waals surface area contributed by atoms with Gasteiger partial charge in [-0.25, -0.2) is 4.98 Å². The molecule has 7 heteroatoms. The fraction of sp³-hybridized carbons (Fsp3) is 0.300. The molecular weight excluding hydrogens is 240 g/mol. The van der Waals surface area contributed by atoms with E-state index in [1.54, 1.807) is 23.7 Å². The van der Waals surface area contributed by atoms with Crippen LogP contribution in [0.3, 0.4) is 0 Å². The molecule has 0 amide bonds. The van der Waals surface area contributed by atoms with Crippen LogP contribution in [0.15, 0.2) is 28.8 Å². The number of aromatic nitrogens is 1. The Bertz CT molecular complexity index is 564. The van der Waals surface area contributed by atoms with Gasteiger partial charge in [-0.05, 0) is 23.2 Å². The van der Waals surface area contributed by atoms with Crippen molar-refractivity contribution in [3.8, 4) is 0 Å². The van der Waals surface area contributed by atoms with Crippen molar-refractivity contribution >= 4 is 21.6 Å². The lowest BCUT2D eigenvalue weighted by molar-refractivity contribution is 0.0245. The Morgan fingerprint density at radius 2 is 2.29 bits per heavy atom. The zero-order valence-electron chi connectivity index (χ0n) is 8.76. The molecule has 2 N–H and O–H groups in total. The van der Waals surface area contributed by atoms with E-state index >= 15 is 0 Å². The smallest absolute Gasteiger partial charge is 0.105 e. The molecule has 17 heavy (non-hydrogen) atoms. The van der Waals surface area contributed by atoms with E-state index in [0.717, 1.165) is 10.2 Å². The molecule has 0 aliphatic rings. The second-order valence-corrected chi connectivity index (χ2v) is 4.39. The third kappa shape index (κ3) is 2.54. The first-order valence-corrected chi connectivity index (χ1v) is 5.80. The summed E-state index contributed by atoms with van der Waals surface area (Å²) in [6, 6.07) is 5.26. The van der Waals surface area contributed by atoms with Gasteiger partial charge in [0.15, 0.2) is 0 Å². The maximum atomic E-state index is 9.86. The van der Waals surface area contributed by atoms with Crippen LogP contribution >= 0.6 is 11.3 Å². The summed E-state index contributed by atoms with van der Waals surface area (Å²) in [4.78, 5) is 6.66. The third-order valence-corrected chi connectivity index (χ3v) is 3.19. The predicted octanol–water partition coefficient (Wildman–Crippen LogP) is 2.00. The van der Waals surface area contributed by atoms with Crippen LogP contribution in [0.1, 0.15) is 11.7 Å². The molecule has 0 saturated heterocycles. The minimum absolute atomic E-state index is 0.154. The molecule has 1 aromatic heterocycles. The zero-order valence-corrected chi connectivity index (χ0v) is 9.58. The van der Waals surface area contributed by atoms with Crippen molar-refractivity contribution in [3.05, 3.63) is 39.7 Å². The fourth-order valence-corrected chi connectivity index (χ4v) is 2.22. The minimum Gasteiger partial charge on any atom is -0.390 e. The molecule has 1 aromatic carbocycles. The molecule has 2 rings (SSSR count). The molecule has 0 aliphatic carbocycles. The van der Waals surface area contributed by atoms with Crippen LogP contribution in [0.5, 0.6) is 0 Å². The molecule has 0 spiro atoms. The fourth-order valence-electron chi connectivity index (χ4n) is 1.50. The van der Waals surface area contributed by atoms with E-state index < -0.39 is 12.2 Å². The first kappa shape index (κ1) is 11.8. The molecule has 0 saturated carbocycles. The summed E-state index contributed by atoms with van der Waals surface area (Å²) in [7, 11) is 0. The van der Waals surface area contributed by atoms with Gasteiger partial charge in [0.1, 0.15) is 6.10 Å². The molecule has 0 aliphatic heterocycles. The first-order chi connectivity index (χ1) is 8.22. The number of hydrogen-bond donors (Lipinski definition) is 2. The van der Waals surface area contributed by atoms with Crippen LogP contribution in [-0.2, 0) is 0 Å². The van der Waals surface area contributed by atoms with Crippen molar-refractivity contribution in [1.29, 1.82) is 0 Å². The average Bonchev–Trinajstić information content (AvgIpc) is 2.81. The lowest BCUT2D eigenvalue weighted by Crippen LogP contribution is -2.21. The normalized spacial score (nSPS) is 14.2. The Morgan fingerprint density at radius 3 is 3.06 bits per heavy atom. The first-order valence-electron chi connectivity index (χ1n) is 4.92. The van der Waals surface area contributed by atoms with Gasteiger partial charge in [-0.1, -0.05) is 11.2 Å². The van der Waals surface area contributed by atoms with Crippen molar-refractivity contribution < 1.29 is 10.2 Å². The Balaban J connectivity index is 2.22. The quantitative estimate of drug-likeness (QED) is 0.492. The number of hydrogen-bond acceptors (Lipinski definition) is 5. The van der Waals surface area contributed by atoms with Crippen LogP contribution in [0.25, 0.3) is 20.7 Å². The Kier molecular flexibility index (Phi) is 3.55. The number of aliphatic hydroxyl groups excluding tert-OH is 2. The molecule has 2 atom stereocenters. The van der Waals surface area contributed by atoms with Crippen LogP contribution in [0.2, 0.25) is 0 Å². The molecular formula is C10H10N4O2S. The van der Waals surface area contributed by atoms with Gasteiger partial charge >= 0.3 is 0 Å². The SMILES string of the molecule is [N-]=[N+]=NCC(O)C(O)c1ccc2ncsc2c1. The molecule has 2 unspecified atom stereocenters. The van der Waals surface area contributed by atoms with Crippen LogP contribution in [0.4, 0.5) is 0 Å². The van der Waals surface area contributed by atoms with E-state index in [0.29, 0.717) is 5.56 Å². The van der Waals surface area contributed by atoms with Crippen LogP contribution < -0.4 is 0 Å². The molecule has 88 valence electrons. The number of aliphatic hydroxyl groups is 2. The van der Waals surface area contributed by atoms with E-state index in [4.69, 9.17) is 5.53 Å². The Morgan fingerprint density at radius 1 is 1.47 bits per heavy atom. The lowest BCUT2D eigenvalue weighted by Gasteiger charge is -2.15. The van der Waals surface area contributed by atoms with Gasteiger partial charge in [-0.2, -0.15) is 0 Å². The molecule has 6 nitrogen and oxygen atoms in total. The van der Waals surface area contributed by atoms with Gasteiger partial charge < -0.3 is 10.2 Å². The van der Waals surface area contributed by atoms with E-state index in [1.807, 2.05) is 0 Å². The number of fused-ring (bicyclic) bond motifs is 1. The molecule has 2 aromatic rings. The van der Waals surface area contributed by atoms with Crippen molar-refractivity contribution in [2.75, 3.05) is 6.54 Å². The highest BCUT2D eigenvalue weighted by molar-refractivity contribution is 7.16. The topological polar surface area (TPSA) is 102 Å². The van der Waals surface area contributed by atoms with Gasteiger partial charge in [0.05, 0.1) is 28.4 Å². The van der Waals surface area contributed by atoms with Gasteiger partial charge in [-0.15, -0.1) is 11.3 Å². The largest absolute Gasteiger partial charge is 0.390 e. The summed E-state index contributed by atoms with van der Waals surface area (Å²) in [5, 5.41) is 22.7. The van der Waals surface area contributed by atoms with E-state index in [-0.39, 0.29) is 6.54 Å². The van der Waals surface area contributed by atoms with Crippen molar-refractivity contribution in [2.24, 2.45) is 5.11 Å². The second-order valence-electron chi connectivity index (χ2n) is 3.51. The second kappa shape index (κ2) is 5.11. The standard InChI is InChI=1S/C10H10N4O2S/c11-14-13-4-8(15)10(16)6-1-2-7-9(3-6)17-5-12-7/h1-3,5,8,10,15-16H,4H2. The van der Waals surface area contributed by atoms with Crippen LogP contribution in [-0.4, -0.2) is 27.8 Å². The number of azide groups is 1. The Labute approximate surface area is 101 Å². The number of nitrogens with zero attached hydrogens (tertiary/aromatic N) is 4. The van der Waals surface area contributed by atoms with E-state index in [2.05, 4.69) is 15.0 Å². The van der Waals surface area contributed by atoms with Crippen molar-refractivity contribution in [1.82, 2.24) is 4.98 Å². The summed E-state index contributed by atoms with van der Waals surface area (Å²) in [6.45, 7) is -0.154. The third-order valence-electron chi connectivity index (χ3n) is 2.39. The van der Waals surface area contributed by atoms with Gasteiger partial charge in [0.25, 0.3) is 0 Å². The number of rotatable bonds is 4. The molecule has 0 fully saturated rings. The van der Waals surface area contributed by atoms with Crippen LogP contribution in [0, 0.1) is 0 Å². The van der Waals surface area contributed by atoms with E-state index in [1.165, 1.54) is 11.3 Å². The highest BCUT2D eigenvalue weighted by Crippen LogP contribution is 2.24. The maximum Gasteiger partial charge on any atom is 0.105 e. The predicted molar refractivity (Wildman–Crippen MR) is 64.6 cm³/mol. The average molecular weight is 250 g/mol. The number of thiazole rings is 1. The van der Waals surface area contributed by atoms with Crippen molar-refractivity contribution in [3.63, 3.8) is 0 Å². The Hall–Kier alpha value is -1.66. The van der Waals surface area contributed by atoms with Crippen molar-refractivity contribution in [2.45, 2.75) is 12.2 Å². The molecule has 0 bridgehead atoms. The highest BCUT2D eigenvalue weighted by Gasteiger charge is 2.18. The zero-order chi connectivity index (χ0) is 12.3. The molecule has 1 heterocycles. The summed E-state index contributed by atoms with van der Waals surface area (Å²) in [5.41, 5.74) is 11.3. The summed E-state index contributed by atoms with van der Waals surface area (Å²) in [5.74, 6) is 0. The number of benzene rings is 1. The van der Waals surface area contributed by atoms with Gasteiger partial charge in [-0.3, -0.25) is 0 Å². The highest BCUT2D eigenvalue weighted by atomic mass is 32.1. The summed E-state index contributed by atoms with van der Waals surface area (Å²) < 4.78 is 0.942. The van der Waals surface area contributed by atoms with Gasteiger partial charge in [0.2, 0.25) is 0 Å². The summed E-state index contributed by atoms with van der Waals surface area (Å²) >= 11 is 1.46. The lowest BCUT2D eigenvalue weighted by atomic mass is 10.0. The monoisotopic (exact) mass is 250 g/mol. The minimum atomic E-state index is -1.10. The maximum absolute atomic E-state index is 9.86.